The van der Waals surface area contributed by atoms with Crippen LogP contribution in [0, 0.1) is 5.92 Å². The van der Waals surface area contributed by atoms with Gasteiger partial charge in [-0.2, -0.15) is 0 Å². The van der Waals surface area contributed by atoms with Crippen molar-refractivity contribution in [2.45, 2.75) is 5.92 Å². The first kappa shape index (κ1) is 8.87. The van der Waals surface area contributed by atoms with Gasteiger partial charge in [-0.1, -0.05) is 0 Å². The predicted molar refractivity (Wildman–Crippen MR) is 39.9 cm³/mol. The van der Waals surface area contributed by atoms with Gasteiger partial charge in [0.15, 0.2) is 0 Å². The second kappa shape index (κ2) is 3.03. The number of nitrogens with zero attached hydrogens (tertiary/aromatic N) is 1. The average Bonchev–Trinajstić information content (AvgIpc) is 2.10. The van der Waals surface area contributed by atoms with Crippen LogP contribution in [0.1, 0.15) is 0 Å². The Morgan fingerprint density at radius 1 is 1.55 bits per heavy atom. The molecule has 0 radical (unpaired) electrons. The van der Waals surface area contributed by atoms with Gasteiger partial charge in [0.05, 0.1) is 6.54 Å². The minimum absolute atomic E-state index is 0.161. The molecule has 0 aliphatic carbocycles. The van der Waals surface area contributed by atoms with Crippen molar-refractivity contribution >= 4 is 0 Å². The summed E-state index contributed by atoms with van der Waals surface area (Å²) in [5, 5.41) is 2.69. The molecule has 0 aromatic carbocycles. The third-order valence-corrected chi connectivity index (χ3v) is 1.93. The molecular weight excluding hydrogens is 150 g/mol. The number of nitrogens with one attached hydrogen (secondary N) is 1. The molecule has 1 unspecified atom stereocenters. The minimum Gasteiger partial charge on any atom is -0.311 e. The number of rotatable bonds is 2. The number of halogens is 2. The summed E-state index contributed by atoms with van der Waals surface area (Å²) in [4.78, 5) is 1.80. The molecule has 1 heterocycles. The first-order valence-corrected chi connectivity index (χ1v) is 3.75. The highest BCUT2D eigenvalue weighted by Crippen LogP contribution is 2.27. The predicted octanol–water partition coefficient (Wildman–Crippen LogP) is 0.403. The van der Waals surface area contributed by atoms with Crippen molar-refractivity contribution in [3.05, 3.63) is 0 Å². The minimum atomic E-state index is -2.51. The zero-order valence-electron chi connectivity index (χ0n) is 6.90. The number of alkyl halides is 2. The zero-order chi connectivity index (χ0) is 8.48. The van der Waals surface area contributed by atoms with E-state index in [1.54, 1.807) is 4.90 Å². The van der Waals surface area contributed by atoms with Crippen molar-refractivity contribution in [3.63, 3.8) is 0 Å². The maximum Gasteiger partial charge on any atom is 0.265 e. The Morgan fingerprint density at radius 3 is 2.55 bits per heavy atom. The Bertz CT molecular complexity index is 136. The molecule has 0 aromatic rings. The van der Waals surface area contributed by atoms with Crippen molar-refractivity contribution in [1.29, 1.82) is 0 Å². The summed E-state index contributed by atoms with van der Waals surface area (Å²) in [5.41, 5.74) is 0. The largest absolute Gasteiger partial charge is 0.311 e. The third-order valence-electron chi connectivity index (χ3n) is 1.93. The van der Waals surface area contributed by atoms with E-state index in [9.17, 15) is 8.78 Å². The Kier molecular flexibility index (Phi) is 2.44. The second-order valence-electron chi connectivity index (χ2n) is 3.35. The highest BCUT2D eigenvalue weighted by atomic mass is 19.3. The van der Waals surface area contributed by atoms with Crippen LogP contribution in [0.3, 0.4) is 0 Å². The average molecular weight is 164 g/mol. The van der Waals surface area contributed by atoms with Crippen LogP contribution in [-0.2, 0) is 0 Å². The van der Waals surface area contributed by atoms with Crippen LogP contribution >= 0.6 is 0 Å². The second-order valence-corrected chi connectivity index (χ2v) is 3.35. The van der Waals surface area contributed by atoms with Gasteiger partial charge < -0.3 is 10.2 Å². The van der Waals surface area contributed by atoms with E-state index in [1.165, 1.54) is 0 Å². The van der Waals surface area contributed by atoms with Gasteiger partial charge >= 0.3 is 0 Å². The summed E-state index contributed by atoms with van der Waals surface area (Å²) in [6.45, 7) is 0.733. The molecule has 11 heavy (non-hydrogen) atoms. The molecule has 1 fully saturated rings. The van der Waals surface area contributed by atoms with E-state index in [0.29, 0.717) is 13.1 Å². The van der Waals surface area contributed by atoms with Crippen molar-refractivity contribution in [2.75, 3.05) is 33.7 Å². The van der Waals surface area contributed by atoms with Gasteiger partial charge in [0.2, 0.25) is 0 Å². The van der Waals surface area contributed by atoms with Crippen molar-refractivity contribution in [1.82, 2.24) is 10.2 Å². The highest BCUT2D eigenvalue weighted by Gasteiger charge is 2.43. The van der Waals surface area contributed by atoms with Gasteiger partial charge in [0.1, 0.15) is 0 Å². The zero-order valence-corrected chi connectivity index (χ0v) is 6.90. The van der Waals surface area contributed by atoms with Gasteiger partial charge in [0.25, 0.3) is 5.92 Å². The highest BCUT2D eigenvalue weighted by molar-refractivity contribution is 4.88. The van der Waals surface area contributed by atoms with E-state index in [1.807, 2.05) is 14.1 Å². The molecule has 1 saturated heterocycles. The maximum absolute atomic E-state index is 12.9. The first-order valence-electron chi connectivity index (χ1n) is 3.75. The van der Waals surface area contributed by atoms with Gasteiger partial charge in [-0.3, -0.25) is 0 Å². The maximum atomic E-state index is 12.9. The van der Waals surface area contributed by atoms with Crippen LogP contribution in [0.25, 0.3) is 0 Å². The summed E-state index contributed by atoms with van der Waals surface area (Å²) >= 11 is 0. The number of hydrogen-bond acceptors (Lipinski definition) is 2. The van der Waals surface area contributed by atoms with E-state index in [0.717, 1.165) is 0 Å². The Balaban J connectivity index is 2.45. The molecule has 0 saturated carbocycles. The molecule has 0 amide bonds. The van der Waals surface area contributed by atoms with Gasteiger partial charge in [-0.15, -0.1) is 0 Å². The summed E-state index contributed by atoms with van der Waals surface area (Å²) in [7, 11) is 3.63. The van der Waals surface area contributed by atoms with E-state index >= 15 is 0 Å². The Labute approximate surface area is 65.6 Å². The molecule has 1 aliphatic rings. The Hall–Kier alpha value is -0.220. The summed E-state index contributed by atoms with van der Waals surface area (Å²) in [6.07, 6.45) is 0. The molecule has 4 heteroatoms. The van der Waals surface area contributed by atoms with E-state index in [-0.39, 0.29) is 6.54 Å². The fourth-order valence-electron chi connectivity index (χ4n) is 1.35. The molecule has 0 bridgehead atoms. The van der Waals surface area contributed by atoms with Crippen molar-refractivity contribution in [3.8, 4) is 0 Å². The molecule has 66 valence electrons. The molecule has 0 aromatic heterocycles. The van der Waals surface area contributed by atoms with Crippen molar-refractivity contribution < 1.29 is 8.78 Å². The molecule has 1 N–H and O–H groups in total. The lowest BCUT2D eigenvalue weighted by molar-refractivity contribution is -0.0288. The fraction of sp³-hybridized carbons (Fsp3) is 1.00. The van der Waals surface area contributed by atoms with Gasteiger partial charge in [-0.05, 0) is 14.1 Å². The van der Waals surface area contributed by atoms with Crippen LogP contribution in [-0.4, -0.2) is 44.6 Å². The lowest BCUT2D eigenvalue weighted by Gasteiger charge is -2.21. The molecule has 2 nitrogen and oxygen atoms in total. The number of hydrogen-bond donors (Lipinski definition) is 1. The molecule has 0 spiro atoms. The van der Waals surface area contributed by atoms with Crippen LogP contribution in [0.5, 0.6) is 0 Å². The lowest BCUT2D eigenvalue weighted by atomic mass is 10.1. The summed E-state index contributed by atoms with van der Waals surface area (Å²) in [5.74, 6) is -3.03. The summed E-state index contributed by atoms with van der Waals surface area (Å²) < 4.78 is 25.8. The van der Waals surface area contributed by atoms with Crippen molar-refractivity contribution in [2.24, 2.45) is 5.92 Å². The normalized spacial score (nSPS) is 29.7. The van der Waals surface area contributed by atoms with Crippen LogP contribution in [0.15, 0.2) is 0 Å². The third kappa shape index (κ3) is 2.10. The van der Waals surface area contributed by atoms with E-state index < -0.39 is 11.8 Å². The van der Waals surface area contributed by atoms with Gasteiger partial charge in [-0.25, -0.2) is 8.78 Å². The SMILES string of the molecule is CN(C)CC1CNCC1(F)F. The molecule has 1 rings (SSSR count). The lowest BCUT2D eigenvalue weighted by Crippen LogP contribution is -2.34. The van der Waals surface area contributed by atoms with Gasteiger partial charge in [0, 0.05) is 19.0 Å². The smallest absolute Gasteiger partial charge is 0.265 e. The fourth-order valence-corrected chi connectivity index (χ4v) is 1.35. The molecular formula is C7H14F2N2. The van der Waals surface area contributed by atoms with E-state index in [2.05, 4.69) is 5.32 Å². The Morgan fingerprint density at radius 2 is 2.18 bits per heavy atom. The summed E-state index contributed by atoms with van der Waals surface area (Å²) in [6, 6.07) is 0. The van der Waals surface area contributed by atoms with Crippen LogP contribution < -0.4 is 5.32 Å². The first-order chi connectivity index (χ1) is 5.02. The van der Waals surface area contributed by atoms with E-state index in [4.69, 9.17) is 0 Å². The topological polar surface area (TPSA) is 15.3 Å². The standard InChI is InChI=1S/C7H14F2N2/c1-11(2)4-6-3-10-5-7(6,8)9/h6,10H,3-5H2,1-2H3. The molecule has 1 atom stereocenters. The van der Waals surface area contributed by atoms with Crippen LogP contribution in [0.2, 0.25) is 0 Å². The quantitative estimate of drug-likeness (QED) is 0.635. The molecule has 1 aliphatic heterocycles. The monoisotopic (exact) mass is 164 g/mol. The van der Waals surface area contributed by atoms with Crippen LogP contribution in [0.4, 0.5) is 8.78 Å².